The molecule has 0 bridgehead atoms. The van der Waals surface area contributed by atoms with E-state index in [-0.39, 0.29) is 24.1 Å². The molecule has 0 spiro atoms. The van der Waals surface area contributed by atoms with Crippen molar-refractivity contribution in [2.45, 2.75) is 49.1 Å². The zero-order chi connectivity index (χ0) is 21.2. The Labute approximate surface area is 180 Å². The van der Waals surface area contributed by atoms with Crippen LogP contribution in [0.4, 0.5) is 0 Å². The first-order chi connectivity index (χ1) is 14.4. The highest BCUT2D eigenvalue weighted by Gasteiger charge is 2.43. The number of rotatable bonds is 6. The molecule has 2 aromatic carbocycles. The van der Waals surface area contributed by atoms with Crippen molar-refractivity contribution in [3.8, 4) is 11.5 Å². The van der Waals surface area contributed by atoms with Gasteiger partial charge in [0.2, 0.25) is 22.7 Å². The van der Waals surface area contributed by atoms with Crippen molar-refractivity contribution in [1.29, 1.82) is 0 Å². The summed E-state index contributed by atoms with van der Waals surface area (Å²) in [6.45, 7) is 0.445. The fourth-order valence-electron chi connectivity index (χ4n) is 3.86. The molecule has 30 heavy (non-hydrogen) atoms. The lowest BCUT2D eigenvalue weighted by atomic mass is 9.82. The van der Waals surface area contributed by atoms with Gasteiger partial charge in [0, 0.05) is 11.6 Å². The highest BCUT2D eigenvalue weighted by Crippen LogP contribution is 2.33. The molecular formula is C21H23ClN2O5S. The number of nitrogens with one attached hydrogen (secondary N) is 2. The summed E-state index contributed by atoms with van der Waals surface area (Å²) < 4.78 is 39.3. The van der Waals surface area contributed by atoms with E-state index in [1.165, 1.54) is 24.3 Å². The van der Waals surface area contributed by atoms with Crippen molar-refractivity contribution in [3.05, 3.63) is 53.1 Å². The summed E-state index contributed by atoms with van der Waals surface area (Å²) in [4.78, 5) is 13.3. The zero-order valence-corrected chi connectivity index (χ0v) is 17.9. The van der Waals surface area contributed by atoms with Gasteiger partial charge in [0.15, 0.2) is 11.5 Å². The minimum atomic E-state index is -3.88. The highest BCUT2D eigenvalue weighted by atomic mass is 35.5. The SMILES string of the molecule is O=C(NCc1ccc2c(c1)OCO2)C1(NS(=O)(=O)c2ccc(Cl)cc2)CCCCC1. The third kappa shape index (κ3) is 4.40. The van der Waals surface area contributed by atoms with Crippen molar-refractivity contribution >= 4 is 27.5 Å². The molecule has 0 saturated heterocycles. The van der Waals surface area contributed by atoms with Gasteiger partial charge in [0.05, 0.1) is 4.90 Å². The summed E-state index contributed by atoms with van der Waals surface area (Å²) in [7, 11) is -3.88. The molecule has 2 N–H and O–H groups in total. The van der Waals surface area contributed by atoms with E-state index in [9.17, 15) is 13.2 Å². The average Bonchev–Trinajstić information content (AvgIpc) is 3.20. The van der Waals surface area contributed by atoms with Gasteiger partial charge in [-0.2, -0.15) is 4.72 Å². The van der Waals surface area contributed by atoms with Crippen molar-refractivity contribution in [2.75, 3.05) is 6.79 Å². The van der Waals surface area contributed by atoms with E-state index >= 15 is 0 Å². The smallest absolute Gasteiger partial charge is 0.241 e. The Bertz CT molecular complexity index is 1030. The van der Waals surface area contributed by atoms with Crippen LogP contribution in [0.1, 0.15) is 37.7 Å². The van der Waals surface area contributed by atoms with E-state index in [1.807, 2.05) is 12.1 Å². The molecule has 9 heteroatoms. The number of sulfonamides is 1. The van der Waals surface area contributed by atoms with Crippen LogP contribution >= 0.6 is 11.6 Å². The average molecular weight is 451 g/mol. The summed E-state index contributed by atoms with van der Waals surface area (Å²) in [5, 5.41) is 3.35. The maximum Gasteiger partial charge on any atom is 0.241 e. The second-order valence-electron chi connectivity index (χ2n) is 7.57. The Hall–Kier alpha value is -2.29. The largest absolute Gasteiger partial charge is 0.454 e. The van der Waals surface area contributed by atoms with Crippen molar-refractivity contribution < 1.29 is 22.7 Å². The molecule has 1 aliphatic carbocycles. The standard InChI is InChI=1S/C21H23ClN2O5S/c22-16-5-7-17(8-6-16)30(26,27)24-21(10-2-1-3-11-21)20(25)23-13-15-4-9-18-19(12-15)29-14-28-18/h4-9,12,24H,1-3,10-11,13-14H2,(H,23,25). The van der Waals surface area contributed by atoms with Crippen LogP contribution in [0.3, 0.4) is 0 Å². The highest BCUT2D eigenvalue weighted by molar-refractivity contribution is 7.89. The van der Waals surface area contributed by atoms with Gasteiger partial charge in [-0.1, -0.05) is 36.9 Å². The van der Waals surface area contributed by atoms with Gasteiger partial charge in [0.25, 0.3) is 0 Å². The quantitative estimate of drug-likeness (QED) is 0.703. The molecular weight excluding hydrogens is 428 g/mol. The monoisotopic (exact) mass is 450 g/mol. The molecule has 0 radical (unpaired) electrons. The Balaban J connectivity index is 1.51. The van der Waals surface area contributed by atoms with E-state index in [4.69, 9.17) is 21.1 Å². The second-order valence-corrected chi connectivity index (χ2v) is 9.69. The molecule has 0 unspecified atom stereocenters. The number of benzene rings is 2. The van der Waals surface area contributed by atoms with Gasteiger partial charge in [-0.3, -0.25) is 4.79 Å². The minimum absolute atomic E-state index is 0.0837. The van der Waals surface area contributed by atoms with E-state index in [1.54, 1.807) is 6.07 Å². The molecule has 1 saturated carbocycles. The summed E-state index contributed by atoms with van der Waals surface area (Å²) in [5.74, 6) is 0.986. The summed E-state index contributed by atoms with van der Waals surface area (Å²) in [6.07, 6.45) is 3.43. The van der Waals surface area contributed by atoms with Gasteiger partial charge < -0.3 is 14.8 Å². The van der Waals surface area contributed by atoms with Crippen LogP contribution < -0.4 is 19.5 Å². The topological polar surface area (TPSA) is 93.7 Å². The van der Waals surface area contributed by atoms with Crippen LogP contribution in [0.5, 0.6) is 11.5 Å². The number of hydrogen-bond acceptors (Lipinski definition) is 5. The second kappa shape index (κ2) is 8.45. The van der Waals surface area contributed by atoms with Gasteiger partial charge in [-0.25, -0.2) is 8.42 Å². The van der Waals surface area contributed by atoms with Gasteiger partial charge in [0.1, 0.15) is 5.54 Å². The lowest BCUT2D eigenvalue weighted by molar-refractivity contribution is -0.128. The van der Waals surface area contributed by atoms with E-state index in [0.717, 1.165) is 24.8 Å². The molecule has 0 atom stereocenters. The van der Waals surface area contributed by atoms with Gasteiger partial charge >= 0.3 is 0 Å². The van der Waals surface area contributed by atoms with Crippen LogP contribution in [0.2, 0.25) is 5.02 Å². The lowest BCUT2D eigenvalue weighted by Gasteiger charge is -2.36. The molecule has 2 aromatic rings. The molecule has 1 heterocycles. The van der Waals surface area contributed by atoms with Crippen LogP contribution in [-0.2, 0) is 21.4 Å². The predicted molar refractivity (Wildman–Crippen MR) is 112 cm³/mol. The molecule has 7 nitrogen and oxygen atoms in total. The lowest BCUT2D eigenvalue weighted by Crippen LogP contribution is -2.59. The van der Waals surface area contributed by atoms with E-state index in [0.29, 0.717) is 29.4 Å². The summed E-state index contributed by atoms with van der Waals surface area (Å²) in [6, 6.07) is 11.4. The van der Waals surface area contributed by atoms with Crippen LogP contribution in [0.25, 0.3) is 0 Å². The van der Waals surface area contributed by atoms with Gasteiger partial charge in [-0.05, 0) is 54.8 Å². The first kappa shape index (κ1) is 21.0. The Morgan fingerprint density at radius 2 is 1.70 bits per heavy atom. The van der Waals surface area contributed by atoms with Crippen molar-refractivity contribution in [2.24, 2.45) is 0 Å². The fourth-order valence-corrected chi connectivity index (χ4v) is 5.41. The van der Waals surface area contributed by atoms with Crippen LogP contribution in [0.15, 0.2) is 47.4 Å². The number of ether oxygens (including phenoxy) is 2. The molecule has 1 amide bonds. The Morgan fingerprint density at radius 3 is 2.43 bits per heavy atom. The van der Waals surface area contributed by atoms with E-state index < -0.39 is 15.6 Å². The third-order valence-corrected chi connectivity index (χ3v) is 7.29. The van der Waals surface area contributed by atoms with E-state index in [2.05, 4.69) is 10.0 Å². The Kier molecular flexibility index (Phi) is 5.90. The summed E-state index contributed by atoms with van der Waals surface area (Å²) >= 11 is 5.87. The number of amides is 1. The van der Waals surface area contributed by atoms with Crippen molar-refractivity contribution in [1.82, 2.24) is 10.0 Å². The maximum atomic E-state index is 13.2. The van der Waals surface area contributed by atoms with Gasteiger partial charge in [-0.15, -0.1) is 0 Å². The summed E-state index contributed by atoms with van der Waals surface area (Å²) in [5.41, 5.74) is -0.327. The fraction of sp³-hybridized carbons (Fsp3) is 0.381. The predicted octanol–water partition coefficient (Wildman–Crippen LogP) is 3.37. The minimum Gasteiger partial charge on any atom is -0.454 e. The Morgan fingerprint density at radius 1 is 1.00 bits per heavy atom. The molecule has 4 rings (SSSR count). The first-order valence-electron chi connectivity index (χ1n) is 9.84. The molecule has 1 aliphatic heterocycles. The maximum absolute atomic E-state index is 13.2. The number of hydrogen-bond donors (Lipinski definition) is 2. The van der Waals surface area contributed by atoms with Crippen LogP contribution in [-0.4, -0.2) is 26.7 Å². The number of carbonyl (C=O) groups is 1. The first-order valence-corrected chi connectivity index (χ1v) is 11.7. The number of halogens is 1. The molecule has 160 valence electrons. The van der Waals surface area contributed by atoms with Crippen molar-refractivity contribution in [3.63, 3.8) is 0 Å². The third-order valence-electron chi connectivity index (χ3n) is 5.49. The molecule has 1 fully saturated rings. The molecule has 0 aromatic heterocycles. The number of fused-ring (bicyclic) bond motifs is 1. The molecule has 2 aliphatic rings. The normalized spacial score (nSPS) is 17.5. The number of carbonyl (C=O) groups excluding carboxylic acids is 1. The zero-order valence-electron chi connectivity index (χ0n) is 16.3. The van der Waals surface area contributed by atoms with Crippen LogP contribution in [0, 0.1) is 0 Å².